The number of carbonyl (C=O) groups is 1. The Labute approximate surface area is 154 Å². The molecule has 1 aromatic heterocycles. The third-order valence-corrected chi connectivity index (χ3v) is 5.22. The Morgan fingerprint density at radius 2 is 1.96 bits per heavy atom. The monoisotopic (exact) mass is 356 g/mol. The van der Waals surface area contributed by atoms with Crippen LogP contribution in [0.25, 0.3) is 5.69 Å². The maximum absolute atomic E-state index is 12.5. The summed E-state index contributed by atoms with van der Waals surface area (Å²) in [6.45, 7) is 8.99. The quantitative estimate of drug-likeness (QED) is 0.770. The second kappa shape index (κ2) is 7.50. The Morgan fingerprint density at radius 3 is 2.58 bits per heavy atom. The van der Waals surface area contributed by atoms with Crippen molar-refractivity contribution in [1.82, 2.24) is 20.4 Å². The van der Waals surface area contributed by atoms with E-state index in [1.807, 2.05) is 24.3 Å². The van der Waals surface area contributed by atoms with E-state index in [-0.39, 0.29) is 22.8 Å². The molecule has 0 bridgehead atoms. The predicted molar refractivity (Wildman–Crippen MR) is 102 cm³/mol. The number of aromatic nitrogens is 2. The van der Waals surface area contributed by atoms with Crippen LogP contribution in [-0.2, 0) is 0 Å². The standard InChI is InChI=1S/C20H28N4O2/c1-14(2)15-4-6-16(7-5-15)24-12-17(25)18(23-24)19(26)22-13-20(3)8-10-21-11-9-20/h4-7,12,14,21,25H,8-11,13H2,1-3H3,(H,22,26). The maximum atomic E-state index is 12.5. The highest BCUT2D eigenvalue weighted by atomic mass is 16.3. The minimum absolute atomic E-state index is 0.0653. The number of carbonyl (C=O) groups excluding carboxylic acids is 1. The van der Waals surface area contributed by atoms with Gasteiger partial charge in [-0.3, -0.25) is 4.79 Å². The molecular formula is C20H28N4O2. The Hall–Kier alpha value is -2.34. The topological polar surface area (TPSA) is 79.2 Å². The molecule has 6 nitrogen and oxygen atoms in total. The van der Waals surface area contributed by atoms with Gasteiger partial charge in [-0.25, -0.2) is 4.68 Å². The molecule has 3 rings (SSSR count). The molecule has 2 heterocycles. The lowest BCUT2D eigenvalue weighted by atomic mass is 9.81. The maximum Gasteiger partial charge on any atom is 0.275 e. The molecule has 0 unspecified atom stereocenters. The molecule has 1 aromatic carbocycles. The predicted octanol–water partition coefficient (Wildman–Crippen LogP) is 2.82. The molecule has 140 valence electrons. The van der Waals surface area contributed by atoms with Gasteiger partial charge in [0.1, 0.15) is 0 Å². The fraction of sp³-hybridized carbons (Fsp3) is 0.500. The SMILES string of the molecule is CC(C)c1ccc(-n2cc(O)c(C(=O)NCC3(C)CCNCC3)n2)cc1. The van der Waals surface area contributed by atoms with Crippen LogP contribution >= 0.6 is 0 Å². The third kappa shape index (κ3) is 4.07. The first-order valence-corrected chi connectivity index (χ1v) is 9.26. The van der Waals surface area contributed by atoms with E-state index in [2.05, 4.69) is 36.5 Å². The number of amides is 1. The number of hydrogen-bond acceptors (Lipinski definition) is 4. The van der Waals surface area contributed by atoms with Gasteiger partial charge in [0.15, 0.2) is 11.4 Å². The lowest BCUT2D eigenvalue weighted by molar-refractivity contribution is 0.0914. The number of piperidine rings is 1. The zero-order chi connectivity index (χ0) is 18.7. The summed E-state index contributed by atoms with van der Waals surface area (Å²) >= 11 is 0. The van der Waals surface area contributed by atoms with Gasteiger partial charge in [-0.1, -0.05) is 32.9 Å². The van der Waals surface area contributed by atoms with Crippen LogP contribution in [0.1, 0.15) is 55.6 Å². The van der Waals surface area contributed by atoms with Crippen molar-refractivity contribution in [2.45, 2.75) is 39.5 Å². The van der Waals surface area contributed by atoms with Crippen LogP contribution in [0.4, 0.5) is 0 Å². The lowest BCUT2D eigenvalue weighted by Gasteiger charge is -2.34. The summed E-state index contributed by atoms with van der Waals surface area (Å²) in [4.78, 5) is 12.5. The molecule has 26 heavy (non-hydrogen) atoms. The van der Waals surface area contributed by atoms with Crippen molar-refractivity contribution in [2.75, 3.05) is 19.6 Å². The number of aromatic hydroxyl groups is 1. The Kier molecular flexibility index (Phi) is 5.32. The number of nitrogens with one attached hydrogen (secondary N) is 2. The average Bonchev–Trinajstić information content (AvgIpc) is 3.02. The lowest BCUT2D eigenvalue weighted by Crippen LogP contribution is -2.43. The van der Waals surface area contributed by atoms with Gasteiger partial charge < -0.3 is 15.7 Å². The molecule has 0 aliphatic carbocycles. The Balaban J connectivity index is 1.70. The van der Waals surface area contributed by atoms with Gasteiger partial charge in [0.2, 0.25) is 0 Å². The van der Waals surface area contributed by atoms with Crippen molar-refractivity contribution >= 4 is 5.91 Å². The van der Waals surface area contributed by atoms with E-state index >= 15 is 0 Å². The third-order valence-electron chi connectivity index (χ3n) is 5.22. The van der Waals surface area contributed by atoms with Gasteiger partial charge in [0.25, 0.3) is 5.91 Å². The molecule has 1 saturated heterocycles. The molecule has 0 radical (unpaired) electrons. The van der Waals surface area contributed by atoms with Crippen molar-refractivity contribution < 1.29 is 9.90 Å². The largest absolute Gasteiger partial charge is 0.504 e. The molecule has 0 saturated carbocycles. The van der Waals surface area contributed by atoms with E-state index < -0.39 is 0 Å². The molecule has 0 spiro atoms. The fourth-order valence-electron chi connectivity index (χ4n) is 3.26. The highest BCUT2D eigenvalue weighted by molar-refractivity contribution is 5.94. The van der Waals surface area contributed by atoms with Gasteiger partial charge in [0, 0.05) is 6.54 Å². The number of rotatable bonds is 5. The van der Waals surface area contributed by atoms with E-state index in [1.165, 1.54) is 11.8 Å². The fourth-order valence-corrected chi connectivity index (χ4v) is 3.26. The summed E-state index contributed by atoms with van der Waals surface area (Å²) in [7, 11) is 0. The van der Waals surface area contributed by atoms with Crippen molar-refractivity contribution in [1.29, 1.82) is 0 Å². The molecular weight excluding hydrogens is 328 g/mol. The Morgan fingerprint density at radius 1 is 1.31 bits per heavy atom. The second-order valence-corrected chi connectivity index (χ2v) is 7.80. The van der Waals surface area contributed by atoms with Crippen LogP contribution in [0.2, 0.25) is 0 Å². The average molecular weight is 356 g/mol. The highest BCUT2D eigenvalue weighted by Gasteiger charge is 2.28. The zero-order valence-electron chi connectivity index (χ0n) is 15.7. The Bertz CT molecular complexity index is 759. The van der Waals surface area contributed by atoms with E-state index in [0.717, 1.165) is 31.6 Å². The molecule has 0 atom stereocenters. The van der Waals surface area contributed by atoms with Gasteiger partial charge in [-0.2, -0.15) is 5.10 Å². The smallest absolute Gasteiger partial charge is 0.275 e. The normalized spacial score (nSPS) is 16.6. The van der Waals surface area contributed by atoms with Gasteiger partial charge >= 0.3 is 0 Å². The van der Waals surface area contributed by atoms with Crippen molar-refractivity contribution in [3.8, 4) is 11.4 Å². The van der Waals surface area contributed by atoms with Gasteiger partial charge in [0.05, 0.1) is 11.9 Å². The molecule has 3 N–H and O–H groups in total. The first kappa shape index (κ1) is 18.5. The van der Waals surface area contributed by atoms with Crippen LogP contribution in [0, 0.1) is 5.41 Å². The van der Waals surface area contributed by atoms with Gasteiger partial charge in [-0.05, 0) is 55.0 Å². The number of benzene rings is 1. The minimum atomic E-state index is -0.334. The minimum Gasteiger partial charge on any atom is -0.504 e. The van der Waals surface area contributed by atoms with Crippen LogP contribution in [0.5, 0.6) is 5.75 Å². The number of hydrogen-bond donors (Lipinski definition) is 3. The summed E-state index contributed by atoms with van der Waals surface area (Å²) in [5, 5.41) is 20.7. The van der Waals surface area contributed by atoms with E-state index in [9.17, 15) is 9.90 Å². The summed E-state index contributed by atoms with van der Waals surface area (Å²) in [6.07, 6.45) is 3.53. The molecule has 2 aromatic rings. The summed E-state index contributed by atoms with van der Waals surface area (Å²) in [5.41, 5.74) is 2.20. The summed E-state index contributed by atoms with van der Waals surface area (Å²) < 4.78 is 1.54. The van der Waals surface area contributed by atoms with Crippen LogP contribution in [0.3, 0.4) is 0 Å². The van der Waals surface area contributed by atoms with Crippen LogP contribution in [0.15, 0.2) is 30.5 Å². The van der Waals surface area contributed by atoms with Crippen molar-refractivity contribution in [2.24, 2.45) is 5.41 Å². The van der Waals surface area contributed by atoms with E-state index in [0.29, 0.717) is 12.5 Å². The van der Waals surface area contributed by atoms with Crippen LogP contribution in [-0.4, -0.2) is 40.4 Å². The molecule has 6 heteroatoms. The first-order valence-electron chi connectivity index (χ1n) is 9.26. The van der Waals surface area contributed by atoms with Crippen LogP contribution < -0.4 is 10.6 Å². The van der Waals surface area contributed by atoms with Crippen molar-refractivity contribution in [3.63, 3.8) is 0 Å². The summed E-state index contributed by atoms with van der Waals surface area (Å²) in [6, 6.07) is 7.96. The van der Waals surface area contributed by atoms with E-state index in [1.54, 1.807) is 4.68 Å². The first-order chi connectivity index (χ1) is 12.4. The molecule has 1 amide bonds. The second-order valence-electron chi connectivity index (χ2n) is 7.80. The summed E-state index contributed by atoms with van der Waals surface area (Å²) in [5.74, 6) is 0.0125. The van der Waals surface area contributed by atoms with E-state index in [4.69, 9.17) is 0 Å². The zero-order valence-corrected chi connectivity index (χ0v) is 15.7. The molecule has 1 aliphatic heterocycles. The van der Waals surface area contributed by atoms with Gasteiger partial charge in [-0.15, -0.1) is 0 Å². The van der Waals surface area contributed by atoms with Crippen molar-refractivity contribution in [3.05, 3.63) is 41.7 Å². The number of nitrogens with zero attached hydrogens (tertiary/aromatic N) is 2. The molecule has 1 aliphatic rings. The molecule has 1 fully saturated rings. The highest BCUT2D eigenvalue weighted by Crippen LogP contribution is 2.27.